The van der Waals surface area contributed by atoms with Gasteiger partial charge in [0.2, 0.25) is 0 Å². The molecule has 0 spiro atoms. The van der Waals surface area contributed by atoms with E-state index in [1.165, 1.54) is 22.3 Å². The molecule has 68 valence electrons. The third kappa shape index (κ3) is 1.46. The summed E-state index contributed by atoms with van der Waals surface area (Å²) in [6.07, 6.45) is 0. The average molecular weight is 186 g/mol. The summed E-state index contributed by atoms with van der Waals surface area (Å²) >= 11 is 0. The molecule has 0 aromatic heterocycles. The van der Waals surface area contributed by atoms with Gasteiger partial charge in [0.25, 0.3) is 0 Å². The maximum absolute atomic E-state index is 3.35. The summed E-state index contributed by atoms with van der Waals surface area (Å²) in [4.78, 5) is 0. The molecule has 1 aliphatic rings. The molecule has 3 rings (SSSR count). The second-order valence-electron chi connectivity index (χ2n) is 3.81. The molecule has 0 radical (unpaired) electrons. The first kappa shape index (κ1) is 10.6. The van der Waals surface area contributed by atoms with Gasteiger partial charge in [-0.15, -0.1) is 11.1 Å². The van der Waals surface area contributed by atoms with Gasteiger partial charge in [-0.2, -0.15) is 24.3 Å². The van der Waals surface area contributed by atoms with Crippen molar-refractivity contribution in [3.05, 3.63) is 59.7 Å². The molecule has 1 aliphatic carbocycles. The molecule has 0 fully saturated rings. The van der Waals surface area contributed by atoms with Gasteiger partial charge in [0.05, 0.1) is 0 Å². The SMILES string of the molecule is CC1c2[c-]cccc2-c2ccccc21.[Li+]. The number of fused-ring (bicyclic) bond motifs is 3. The molecular formula is C14H11Li. The van der Waals surface area contributed by atoms with Crippen LogP contribution in [0.5, 0.6) is 0 Å². The first-order valence-corrected chi connectivity index (χ1v) is 4.98. The zero-order valence-corrected chi connectivity index (χ0v) is 9.12. The third-order valence-corrected chi connectivity index (χ3v) is 3.04. The Bertz CT molecular complexity index is 443. The van der Waals surface area contributed by atoms with Crippen LogP contribution in [-0.4, -0.2) is 0 Å². The van der Waals surface area contributed by atoms with Crippen molar-refractivity contribution in [1.29, 1.82) is 0 Å². The van der Waals surface area contributed by atoms with E-state index in [0.29, 0.717) is 5.92 Å². The first-order valence-electron chi connectivity index (χ1n) is 4.98. The van der Waals surface area contributed by atoms with E-state index in [1.54, 1.807) is 0 Å². The number of rotatable bonds is 0. The quantitative estimate of drug-likeness (QED) is 0.418. The van der Waals surface area contributed by atoms with E-state index in [9.17, 15) is 0 Å². The standard InChI is InChI=1S/C14H11.Li/c1-10-11-6-2-4-8-13(11)14-9-5-3-7-12(10)14;/h2-6,8-10H,1H3;/q-1;+1. The van der Waals surface area contributed by atoms with Crippen LogP contribution in [0.4, 0.5) is 0 Å². The number of benzene rings is 2. The normalized spacial score (nSPS) is 16.5. The molecule has 1 unspecified atom stereocenters. The van der Waals surface area contributed by atoms with Crippen LogP contribution in [0, 0.1) is 6.07 Å². The molecule has 2 aromatic rings. The van der Waals surface area contributed by atoms with Crippen LogP contribution >= 0.6 is 0 Å². The predicted octanol–water partition coefficient (Wildman–Crippen LogP) is 0.623. The maximum atomic E-state index is 3.35. The number of hydrogen-bond acceptors (Lipinski definition) is 0. The fourth-order valence-electron chi connectivity index (χ4n) is 2.32. The summed E-state index contributed by atoms with van der Waals surface area (Å²) in [5, 5.41) is 0. The fourth-order valence-corrected chi connectivity index (χ4v) is 2.32. The Labute approximate surface area is 103 Å². The summed E-state index contributed by atoms with van der Waals surface area (Å²) in [5.74, 6) is 0.502. The zero-order chi connectivity index (χ0) is 9.54. The van der Waals surface area contributed by atoms with Gasteiger partial charge in [-0.1, -0.05) is 36.8 Å². The fraction of sp³-hybridized carbons (Fsp3) is 0.143. The topological polar surface area (TPSA) is 0 Å². The van der Waals surface area contributed by atoms with Crippen LogP contribution in [0.1, 0.15) is 24.0 Å². The Morgan fingerprint density at radius 3 is 2.60 bits per heavy atom. The van der Waals surface area contributed by atoms with Crippen LogP contribution in [-0.2, 0) is 0 Å². The third-order valence-electron chi connectivity index (χ3n) is 3.04. The van der Waals surface area contributed by atoms with Crippen molar-refractivity contribution in [3.8, 4) is 11.1 Å². The Kier molecular flexibility index (Phi) is 2.74. The summed E-state index contributed by atoms with van der Waals surface area (Å²) in [6, 6.07) is 18.2. The molecule has 0 saturated carbocycles. The minimum atomic E-state index is 0. The molecule has 0 amide bonds. The molecule has 0 bridgehead atoms. The molecule has 0 heterocycles. The average Bonchev–Trinajstić information content (AvgIpc) is 2.55. The van der Waals surface area contributed by atoms with Crippen LogP contribution in [0.15, 0.2) is 42.5 Å². The van der Waals surface area contributed by atoms with E-state index in [-0.39, 0.29) is 18.9 Å². The minimum Gasteiger partial charge on any atom is -0.179 e. The maximum Gasteiger partial charge on any atom is 1.00 e. The van der Waals surface area contributed by atoms with Crippen molar-refractivity contribution >= 4 is 0 Å². The van der Waals surface area contributed by atoms with Gasteiger partial charge >= 0.3 is 18.9 Å². The van der Waals surface area contributed by atoms with E-state index in [1.807, 2.05) is 6.07 Å². The van der Waals surface area contributed by atoms with Gasteiger partial charge in [0.15, 0.2) is 0 Å². The molecule has 15 heavy (non-hydrogen) atoms. The second kappa shape index (κ2) is 3.89. The van der Waals surface area contributed by atoms with E-state index < -0.39 is 0 Å². The molecule has 1 heteroatoms. The van der Waals surface area contributed by atoms with Crippen LogP contribution in [0.25, 0.3) is 11.1 Å². The summed E-state index contributed by atoms with van der Waals surface area (Å²) in [7, 11) is 0. The molecule has 0 nitrogen and oxygen atoms in total. The Morgan fingerprint density at radius 2 is 1.73 bits per heavy atom. The Balaban J connectivity index is 0.000000853. The summed E-state index contributed by atoms with van der Waals surface area (Å²) in [5.41, 5.74) is 5.51. The van der Waals surface area contributed by atoms with Crippen molar-refractivity contribution in [2.45, 2.75) is 12.8 Å². The molecule has 0 saturated heterocycles. The van der Waals surface area contributed by atoms with E-state index in [2.05, 4.69) is 49.4 Å². The summed E-state index contributed by atoms with van der Waals surface area (Å²) in [6.45, 7) is 2.25. The molecule has 1 atom stereocenters. The second-order valence-corrected chi connectivity index (χ2v) is 3.81. The van der Waals surface area contributed by atoms with Gasteiger partial charge in [-0.25, -0.2) is 0 Å². The van der Waals surface area contributed by atoms with Gasteiger partial charge in [-0.05, 0) is 11.5 Å². The van der Waals surface area contributed by atoms with Crippen LogP contribution < -0.4 is 18.9 Å². The first-order chi connectivity index (χ1) is 6.88. The van der Waals surface area contributed by atoms with Crippen molar-refractivity contribution in [3.63, 3.8) is 0 Å². The monoisotopic (exact) mass is 186 g/mol. The van der Waals surface area contributed by atoms with Gasteiger partial charge < -0.3 is 0 Å². The molecule has 0 N–H and O–H groups in total. The zero-order valence-electron chi connectivity index (χ0n) is 9.12. The largest absolute Gasteiger partial charge is 1.00 e. The Morgan fingerprint density at radius 1 is 1.00 bits per heavy atom. The van der Waals surface area contributed by atoms with E-state index >= 15 is 0 Å². The van der Waals surface area contributed by atoms with Gasteiger partial charge in [0, 0.05) is 0 Å². The molecular weight excluding hydrogens is 175 g/mol. The number of hydrogen-bond donors (Lipinski definition) is 0. The van der Waals surface area contributed by atoms with Crippen LogP contribution in [0.3, 0.4) is 0 Å². The molecule has 2 aromatic carbocycles. The van der Waals surface area contributed by atoms with Crippen molar-refractivity contribution in [2.24, 2.45) is 0 Å². The predicted molar refractivity (Wildman–Crippen MR) is 58.2 cm³/mol. The summed E-state index contributed by atoms with van der Waals surface area (Å²) < 4.78 is 0. The molecule has 0 aliphatic heterocycles. The van der Waals surface area contributed by atoms with Crippen LogP contribution in [0.2, 0.25) is 0 Å². The minimum absolute atomic E-state index is 0. The van der Waals surface area contributed by atoms with Crippen molar-refractivity contribution < 1.29 is 18.9 Å². The smallest absolute Gasteiger partial charge is 0.179 e. The van der Waals surface area contributed by atoms with Gasteiger partial charge in [-0.3, -0.25) is 0 Å². The van der Waals surface area contributed by atoms with Crippen molar-refractivity contribution in [1.82, 2.24) is 0 Å². The van der Waals surface area contributed by atoms with E-state index in [0.717, 1.165) is 0 Å². The van der Waals surface area contributed by atoms with E-state index in [4.69, 9.17) is 0 Å². The van der Waals surface area contributed by atoms with Gasteiger partial charge in [0.1, 0.15) is 0 Å². The Hall–Kier alpha value is -0.963. The van der Waals surface area contributed by atoms with Crippen molar-refractivity contribution in [2.75, 3.05) is 0 Å².